The fraction of sp³-hybridized carbons (Fsp3) is 0.444. The molecule has 0 bridgehead atoms. The first-order chi connectivity index (χ1) is 9.78. The van der Waals surface area contributed by atoms with Crippen molar-refractivity contribution in [2.75, 3.05) is 7.05 Å². The van der Waals surface area contributed by atoms with Gasteiger partial charge in [-0.15, -0.1) is 11.3 Å². The predicted octanol–water partition coefficient (Wildman–Crippen LogP) is 4.31. The van der Waals surface area contributed by atoms with Crippen LogP contribution in [0.5, 0.6) is 0 Å². The molecule has 106 valence electrons. The van der Waals surface area contributed by atoms with E-state index >= 15 is 0 Å². The van der Waals surface area contributed by atoms with Gasteiger partial charge in [-0.25, -0.2) is 0 Å². The first-order valence-corrected chi connectivity index (χ1v) is 8.45. The Balaban J connectivity index is 1.81. The standard InChI is InChI=1S/C18H23NS/c1-13-5-3-6-14(11-13)12-17(19-2)15-7-4-8-18-16(15)9-10-20-18/h3,5-6,9-11,15,17,19H,4,7-8,12H2,1-2H3. The van der Waals surface area contributed by atoms with Crippen LogP contribution in [0.25, 0.3) is 0 Å². The minimum Gasteiger partial charge on any atom is -0.316 e. The van der Waals surface area contributed by atoms with E-state index < -0.39 is 0 Å². The minimum atomic E-state index is 0.547. The van der Waals surface area contributed by atoms with Crippen LogP contribution in [0.15, 0.2) is 35.7 Å². The van der Waals surface area contributed by atoms with E-state index in [-0.39, 0.29) is 0 Å². The molecular weight excluding hydrogens is 262 g/mol. The van der Waals surface area contributed by atoms with Crippen molar-refractivity contribution in [2.45, 2.75) is 44.6 Å². The van der Waals surface area contributed by atoms with Gasteiger partial charge >= 0.3 is 0 Å². The van der Waals surface area contributed by atoms with E-state index in [2.05, 4.69) is 55.0 Å². The maximum atomic E-state index is 3.58. The molecule has 20 heavy (non-hydrogen) atoms. The fourth-order valence-corrected chi connectivity index (χ4v) is 4.48. The largest absolute Gasteiger partial charge is 0.316 e. The van der Waals surface area contributed by atoms with Gasteiger partial charge in [0.1, 0.15) is 0 Å². The molecule has 2 aromatic rings. The molecule has 3 rings (SSSR count). The van der Waals surface area contributed by atoms with Crippen LogP contribution in [0.4, 0.5) is 0 Å². The molecule has 2 unspecified atom stereocenters. The van der Waals surface area contributed by atoms with Gasteiger partial charge in [0.2, 0.25) is 0 Å². The zero-order chi connectivity index (χ0) is 13.9. The van der Waals surface area contributed by atoms with Crippen molar-refractivity contribution in [1.29, 1.82) is 0 Å². The van der Waals surface area contributed by atoms with Crippen molar-refractivity contribution in [3.8, 4) is 0 Å². The molecule has 1 nitrogen and oxygen atoms in total. The molecule has 0 fully saturated rings. The summed E-state index contributed by atoms with van der Waals surface area (Å²) in [6.07, 6.45) is 5.06. The molecule has 2 atom stereocenters. The van der Waals surface area contributed by atoms with E-state index in [0.717, 1.165) is 6.42 Å². The first-order valence-electron chi connectivity index (χ1n) is 7.57. The lowest BCUT2D eigenvalue weighted by Crippen LogP contribution is -2.35. The molecule has 0 spiro atoms. The Kier molecular flexibility index (Phi) is 4.23. The fourth-order valence-electron chi connectivity index (χ4n) is 3.48. The quantitative estimate of drug-likeness (QED) is 0.883. The van der Waals surface area contributed by atoms with Crippen molar-refractivity contribution in [1.82, 2.24) is 5.32 Å². The number of thiophene rings is 1. The Morgan fingerprint density at radius 3 is 3.05 bits per heavy atom. The summed E-state index contributed by atoms with van der Waals surface area (Å²) in [7, 11) is 2.11. The van der Waals surface area contributed by atoms with Gasteiger partial charge in [0.15, 0.2) is 0 Å². The molecule has 1 aromatic carbocycles. The van der Waals surface area contributed by atoms with Crippen molar-refractivity contribution >= 4 is 11.3 Å². The molecule has 0 saturated carbocycles. The van der Waals surface area contributed by atoms with Gasteiger partial charge < -0.3 is 5.32 Å². The number of benzene rings is 1. The SMILES string of the molecule is CNC(Cc1cccc(C)c1)C1CCCc2sccc21. The normalized spacial score (nSPS) is 19.6. The molecule has 1 N–H and O–H groups in total. The second-order valence-corrected chi connectivity index (χ2v) is 6.89. The summed E-state index contributed by atoms with van der Waals surface area (Å²) in [5, 5.41) is 5.84. The summed E-state index contributed by atoms with van der Waals surface area (Å²) in [6, 6.07) is 11.8. The van der Waals surface area contributed by atoms with E-state index in [1.54, 1.807) is 10.4 Å². The van der Waals surface area contributed by atoms with Gasteiger partial charge in [-0.2, -0.15) is 0 Å². The third kappa shape index (κ3) is 2.82. The monoisotopic (exact) mass is 285 g/mol. The number of nitrogens with one attached hydrogen (secondary N) is 1. The number of rotatable bonds is 4. The van der Waals surface area contributed by atoms with Crippen LogP contribution in [0.2, 0.25) is 0 Å². The lowest BCUT2D eigenvalue weighted by atomic mass is 9.80. The number of hydrogen-bond acceptors (Lipinski definition) is 2. The van der Waals surface area contributed by atoms with Gasteiger partial charge in [-0.1, -0.05) is 29.8 Å². The zero-order valence-corrected chi connectivity index (χ0v) is 13.2. The highest BCUT2D eigenvalue weighted by Gasteiger charge is 2.27. The maximum absolute atomic E-state index is 3.58. The molecule has 1 aromatic heterocycles. The highest BCUT2D eigenvalue weighted by Crippen LogP contribution is 2.37. The summed E-state index contributed by atoms with van der Waals surface area (Å²) < 4.78 is 0. The van der Waals surface area contributed by atoms with Crippen molar-refractivity contribution in [2.24, 2.45) is 0 Å². The smallest absolute Gasteiger partial charge is 0.0174 e. The summed E-state index contributed by atoms with van der Waals surface area (Å²) in [5.41, 5.74) is 4.41. The van der Waals surface area contributed by atoms with E-state index in [9.17, 15) is 0 Å². The summed E-state index contributed by atoms with van der Waals surface area (Å²) in [4.78, 5) is 1.62. The van der Waals surface area contributed by atoms with E-state index in [4.69, 9.17) is 0 Å². The highest BCUT2D eigenvalue weighted by molar-refractivity contribution is 7.10. The number of fused-ring (bicyclic) bond motifs is 1. The van der Waals surface area contributed by atoms with Crippen molar-refractivity contribution in [3.05, 3.63) is 57.3 Å². The number of likely N-dealkylation sites (N-methyl/N-ethyl adjacent to an activating group) is 1. The Labute approximate surface area is 126 Å². The minimum absolute atomic E-state index is 0.547. The summed E-state index contributed by atoms with van der Waals surface area (Å²) in [6.45, 7) is 2.18. The van der Waals surface area contributed by atoms with Gasteiger partial charge in [0.25, 0.3) is 0 Å². The Morgan fingerprint density at radius 2 is 2.25 bits per heavy atom. The molecule has 1 heterocycles. The third-order valence-electron chi connectivity index (χ3n) is 4.49. The average Bonchev–Trinajstić information content (AvgIpc) is 2.93. The van der Waals surface area contributed by atoms with Gasteiger partial charge in [0.05, 0.1) is 0 Å². The maximum Gasteiger partial charge on any atom is 0.0174 e. The Hall–Kier alpha value is -1.12. The Morgan fingerprint density at radius 1 is 1.35 bits per heavy atom. The zero-order valence-electron chi connectivity index (χ0n) is 12.4. The first kappa shape index (κ1) is 13.8. The molecule has 0 radical (unpaired) electrons. The van der Waals surface area contributed by atoms with Crippen molar-refractivity contribution in [3.63, 3.8) is 0 Å². The van der Waals surface area contributed by atoms with Crippen LogP contribution in [0.3, 0.4) is 0 Å². The highest BCUT2D eigenvalue weighted by atomic mass is 32.1. The summed E-state index contributed by atoms with van der Waals surface area (Å²) >= 11 is 1.94. The van der Waals surface area contributed by atoms with Gasteiger partial charge in [-0.3, -0.25) is 0 Å². The van der Waals surface area contributed by atoms with E-state index in [0.29, 0.717) is 12.0 Å². The second kappa shape index (κ2) is 6.11. The third-order valence-corrected chi connectivity index (χ3v) is 5.49. The molecule has 0 amide bonds. The molecule has 0 aliphatic heterocycles. The lowest BCUT2D eigenvalue weighted by Gasteiger charge is -2.30. The second-order valence-electron chi connectivity index (χ2n) is 5.89. The van der Waals surface area contributed by atoms with E-state index in [1.807, 2.05) is 11.3 Å². The van der Waals surface area contributed by atoms with Crippen LogP contribution in [0.1, 0.15) is 40.3 Å². The summed E-state index contributed by atoms with van der Waals surface area (Å²) in [5.74, 6) is 0.676. The van der Waals surface area contributed by atoms with Crippen LogP contribution in [-0.2, 0) is 12.8 Å². The van der Waals surface area contributed by atoms with Crippen LogP contribution >= 0.6 is 11.3 Å². The molecule has 1 aliphatic rings. The van der Waals surface area contributed by atoms with Gasteiger partial charge in [0, 0.05) is 16.8 Å². The van der Waals surface area contributed by atoms with Crippen LogP contribution < -0.4 is 5.32 Å². The predicted molar refractivity (Wildman–Crippen MR) is 87.7 cm³/mol. The number of hydrogen-bond donors (Lipinski definition) is 1. The van der Waals surface area contributed by atoms with Crippen LogP contribution in [0, 0.1) is 6.92 Å². The molecular formula is C18H23NS. The van der Waals surface area contributed by atoms with Crippen molar-refractivity contribution < 1.29 is 0 Å². The van der Waals surface area contributed by atoms with E-state index in [1.165, 1.54) is 30.4 Å². The topological polar surface area (TPSA) is 12.0 Å². The van der Waals surface area contributed by atoms with Gasteiger partial charge in [-0.05, 0) is 62.2 Å². The number of aryl methyl sites for hydroxylation is 2. The lowest BCUT2D eigenvalue weighted by molar-refractivity contribution is 0.414. The Bertz CT molecular complexity index is 572. The molecule has 1 aliphatic carbocycles. The van der Waals surface area contributed by atoms with Crippen LogP contribution in [-0.4, -0.2) is 13.1 Å². The molecule has 0 saturated heterocycles. The average molecular weight is 285 g/mol. The molecule has 2 heteroatoms.